The summed E-state index contributed by atoms with van der Waals surface area (Å²) in [7, 11) is 0. The lowest BCUT2D eigenvalue weighted by Crippen LogP contribution is -2.49. The molecule has 0 aliphatic carbocycles. The number of nitrogens with two attached hydrogens (primary N) is 1. The Labute approximate surface area is 236 Å². The molecule has 2 aromatic heterocycles. The highest BCUT2D eigenvalue weighted by Crippen LogP contribution is 2.35. The fourth-order valence-corrected chi connectivity index (χ4v) is 5.36. The molecule has 0 saturated carbocycles. The van der Waals surface area contributed by atoms with Crippen LogP contribution >= 0.6 is 0 Å². The molecule has 0 unspecified atom stereocenters. The number of aryl methyl sites for hydroxylation is 1. The summed E-state index contributed by atoms with van der Waals surface area (Å²) in [5, 5.41) is 18.1. The third kappa shape index (κ3) is 5.59. The Morgan fingerprint density at radius 3 is 2.66 bits per heavy atom. The van der Waals surface area contributed by atoms with Crippen LogP contribution in [0.1, 0.15) is 37.8 Å². The topological polar surface area (TPSA) is 143 Å². The summed E-state index contributed by atoms with van der Waals surface area (Å²) in [6.45, 7) is 3.94. The molecule has 3 aromatic carbocycles. The highest BCUT2D eigenvalue weighted by Gasteiger charge is 2.32. The molecule has 1 aliphatic heterocycles. The molecule has 0 fully saturated rings. The number of nitrogens with one attached hydrogen (secondary N) is 2. The van der Waals surface area contributed by atoms with Crippen molar-refractivity contribution in [1.82, 2.24) is 25.9 Å². The van der Waals surface area contributed by atoms with Crippen molar-refractivity contribution in [2.24, 2.45) is 5.73 Å². The maximum atomic E-state index is 13.9. The number of hydrogen-bond acceptors (Lipinski definition) is 7. The number of para-hydroxylation sites is 1. The molecular formula is C31H31N7O3. The monoisotopic (exact) mass is 549 g/mol. The minimum absolute atomic E-state index is 0.138. The Morgan fingerprint density at radius 1 is 1.10 bits per heavy atom. The number of rotatable bonds is 7. The number of carbonyl (C=O) groups is 2. The number of H-pyrrole nitrogens is 1. The first-order valence-corrected chi connectivity index (χ1v) is 13.6. The zero-order valence-corrected chi connectivity index (χ0v) is 22.9. The maximum Gasteiger partial charge on any atom is 0.249 e. The smallest absolute Gasteiger partial charge is 0.249 e. The van der Waals surface area contributed by atoms with Crippen molar-refractivity contribution in [3.63, 3.8) is 0 Å². The summed E-state index contributed by atoms with van der Waals surface area (Å²) in [5.74, 6) is 0.874. The third-order valence-electron chi connectivity index (χ3n) is 7.21. The van der Waals surface area contributed by atoms with Crippen molar-refractivity contribution < 1.29 is 14.0 Å². The molecule has 1 aliphatic rings. The van der Waals surface area contributed by atoms with Gasteiger partial charge in [-0.25, -0.2) is 5.10 Å². The minimum atomic E-state index is -0.661. The summed E-state index contributed by atoms with van der Waals surface area (Å²) >= 11 is 0. The standard InChI is InChI=1S/C31H31N7O3/c1-31(2,32)17-28(39)33-24-13-12-20-7-3-6-10-25(20)38(30(24)40)18-19-11-14-26-21(15-19)16-27(41-26)22-8-4-5-9-23(22)29-34-36-37-35-29/h3-11,14-16,24H,12-13,17-18,32H2,1-2H3,(H,33,39)(H,34,35,36,37)/t24-/m1/s1. The summed E-state index contributed by atoms with van der Waals surface area (Å²) in [6, 6.07) is 22.9. The normalized spacial score (nSPS) is 15.5. The number of tetrazole rings is 1. The highest BCUT2D eigenvalue weighted by molar-refractivity contribution is 6.00. The van der Waals surface area contributed by atoms with Crippen molar-refractivity contribution in [2.45, 2.75) is 51.2 Å². The lowest BCUT2D eigenvalue weighted by Gasteiger charge is -2.27. The number of anilines is 1. The average molecular weight is 550 g/mol. The number of hydrogen-bond donors (Lipinski definition) is 3. The molecule has 5 aromatic rings. The Balaban J connectivity index is 1.30. The van der Waals surface area contributed by atoms with E-state index in [1.807, 2.05) is 72.8 Å². The van der Waals surface area contributed by atoms with E-state index in [0.717, 1.165) is 38.9 Å². The van der Waals surface area contributed by atoms with Crippen LogP contribution in [0.15, 0.2) is 77.2 Å². The first-order valence-electron chi connectivity index (χ1n) is 13.6. The molecule has 0 spiro atoms. The number of amides is 2. The Kier molecular flexibility index (Phi) is 6.84. The lowest BCUT2D eigenvalue weighted by atomic mass is 10.0. The molecule has 41 heavy (non-hydrogen) atoms. The van der Waals surface area contributed by atoms with Crippen molar-refractivity contribution in [3.8, 4) is 22.7 Å². The van der Waals surface area contributed by atoms with Gasteiger partial charge in [0.1, 0.15) is 17.4 Å². The molecule has 1 atom stereocenters. The SMILES string of the molecule is CC(C)(N)CC(=O)N[C@@H]1CCc2ccccc2N(Cc2ccc3oc(-c4ccccc4-c4nnn[nH]4)cc3c2)C1=O. The lowest BCUT2D eigenvalue weighted by molar-refractivity contribution is -0.128. The fourth-order valence-electron chi connectivity index (χ4n) is 5.36. The first kappa shape index (κ1) is 26.4. The van der Waals surface area contributed by atoms with E-state index in [1.54, 1.807) is 18.7 Å². The van der Waals surface area contributed by atoms with Gasteiger partial charge in [0.05, 0.1) is 6.54 Å². The molecule has 0 saturated heterocycles. The van der Waals surface area contributed by atoms with Crippen LogP contribution in [-0.2, 0) is 22.6 Å². The van der Waals surface area contributed by atoms with Gasteiger partial charge in [0.2, 0.25) is 11.8 Å². The van der Waals surface area contributed by atoms with Crippen LogP contribution in [0.5, 0.6) is 0 Å². The largest absolute Gasteiger partial charge is 0.456 e. The van der Waals surface area contributed by atoms with E-state index < -0.39 is 11.6 Å². The molecule has 10 nitrogen and oxygen atoms in total. The summed E-state index contributed by atoms with van der Waals surface area (Å²) in [4.78, 5) is 28.3. The minimum Gasteiger partial charge on any atom is -0.456 e. The number of fused-ring (bicyclic) bond motifs is 2. The Morgan fingerprint density at radius 2 is 1.88 bits per heavy atom. The summed E-state index contributed by atoms with van der Waals surface area (Å²) in [6.07, 6.45) is 1.34. The zero-order chi connectivity index (χ0) is 28.6. The van der Waals surface area contributed by atoms with Crippen molar-refractivity contribution in [2.75, 3.05) is 4.90 Å². The summed E-state index contributed by atoms with van der Waals surface area (Å²) in [5.41, 5.74) is 10.7. The van der Waals surface area contributed by atoms with Gasteiger partial charge in [-0.3, -0.25) is 9.59 Å². The van der Waals surface area contributed by atoms with Crippen molar-refractivity contribution in [1.29, 1.82) is 0 Å². The van der Waals surface area contributed by atoms with E-state index >= 15 is 0 Å². The van der Waals surface area contributed by atoms with Gasteiger partial charge >= 0.3 is 0 Å². The maximum absolute atomic E-state index is 13.9. The molecule has 2 amide bonds. The third-order valence-corrected chi connectivity index (χ3v) is 7.21. The number of furan rings is 1. The highest BCUT2D eigenvalue weighted by atomic mass is 16.3. The number of carbonyl (C=O) groups excluding carboxylic acids is 2. The fraction of sp³-hybridized carbons (Fsp3) is 0.258. The number of nitrogens with zero attached hydrogens (tertiary/aromatic N) is 4. The Hall–Kier alpha value is -4.83. The van der Waals surface area contributed by atoms with Crippen LogP contribution in [0.2, 0.25) is 0 Å². The van der Waals surface area contributed by atoms with E-state index in [4.69, 9.17) is 10.2 Å². The zero-order valence-electron chi connectivity index (χ0n) is 22.9. The van der Waals surface area contributed by atoms with Gasteiger partial charge in [0.15, 0.2) is 5.82 Å². The van der Waals surface area contributed by atoms with Gasteiger partial charge in [-0.15, -0.1) is 5.10 Å². The van der Waals surface area contributed by atoms with Crippen LogP contribution < -0.4 is 16.0 Å². The second-order valence-electron chi connectivity index (χ2n) is 11.2. The average Bonchev–Trinajstić information content (AvgIpc) is 3.61. The molecule has 0 bridgehead atoms. The molecular weight excluding hydrogens is 518 g/mol. The predicted molar refractivity (Wildman–Crippen MR) is 156 cm³/mol. The van der Waals surface area contributed by atoms with E-state index in [1.165, 1.54) is 0 Å². The number of aromatic amines is 1. The van der Waals surface area contributed by atoms with Gasteiger partial charge in [-0.1, -0.05) is 48.5 Å². The predicted octanol–water partition coefficient (Wildman–Crippen LogP) is 4.37. The molecule has 0 radical (unpaired) electrons. The second kappa shape index (κ2) is 10.6. The number of aromatic nitrogens is 4. The van der Waals surface area contributed by atoms with Gasteiger partial charge < -0.3 is 20.4 Å². The quantitative estimate of drug-likeness (QED) is 0.273. The molecule has 208 valence electrons. The van der Waals surface area contributed by atoms with E-state index in [2.05, 4.69) is 25.9 Å². The second-order valence-corrected chi connectivity index (χ2v) is 11.2. The van der Waals surface area contributed by atoms with Gasteiger partial charge in [-0.2, -0.15) is 0 Å². The van der Waals surface area contributed by atoms with E-state index in [-0.39, 0.29) is 18.2 Å². The van der Waals surface area contributed by atoms with E-state index in [9.17, 15) is 9.59 Å². The van der Waals surface area contributed by atoms with E-state index in [0.29, 0.717) is 31.0 Å². The first-order chi connectivity index (χ1) is 19.7. The molecule has 4 N–H and O–H groups in total. The summed E-state index contributed by atoms with van der Waals surface area (Å²) < 4.78 is 6.21. The van der Waals surface area contributed by atoms with Crippen LogP contribution in [0.25, 0.3) is 33.7 Å². The molecule has 3 heterocycles. The van der Waals surface area contributed by atoms with Gasteiger partial charge in [0, 0.05) is 34.2 Å². The number of benzene rings is 3. The van der Waals surface area contributed by atoms with Crippen molar-refractivity contribution >= 4 is 28.5 Å². The van der Waals surface area contributed by atoms with Gasteiger partial charge in [0.25, 0.3) is 0 Å². The Bertz CT molecular complexity index is 1720. The van der Waals surface area contributed by atoms with Crippen molar-refractivity contribution in [3.05, 3.63) is 83.9 Å². The van der Waals surface area contributed by atoms with Gasteiger partial charge in [-0.05, 0) is 72.5 Å². The van der Waals surface area contributed by atoms with Crippen LogP contribution in [0, 0.1) is 0 Å². The van der Waals surface area contributed by atoms with Crippen LogP contribution in [-0.4, -0.2) is 44.0 Å². The molecule has 6 rings (SSSR count). The molecule has 10 heteroatoms. The van der Waals surface area contributed by atoms with Crippen LogP contribution in [0.3, 0.4) is 0 Å². The van der Waals surface area contributed by atoms with Crippen LogP contribution in [0.4, 0.5) is 5.69 Å².